The topological polar surface area (TPSA) is 54.9 Å². The van der Waals surface area contributed by atoms with E-state index in [0.717, 1.165) is 55.9 Å². The van der Waals surface area contributed by atoms with Crippen molar-refractivity contribution in [3.05, 3.63) is 28.8 Å². The van der Waals surface area contributed by atoms with Gasteiger partial charge in [-0.15, -0.1) is 24.0 Å². The number of halogens is 2. The summed E-state index contributed by atoms with van der Waals surface area (Å²) >= 11 is 5.99. The van der Waals surface area contributed by atoms with Gasteiger partial charge in [0, 0.05) is 36.9 Å². The van der Waals surface area contributed by atoms with Crippen molar-refractivity contribution in [2.24, 2.45) is 10.9 Å². The lowest BCUT2D eigenvalue weighted by Gasteiger charge is -2.12. The molecule has 2 N–H and O–H groups in total. The molecule has 0 atom stereocenters. The quantitative estimate of drug-likeness (QED) is 0.231. The Bertz CT molecular complexity index is 539. The third-order valence-electron chi connectivity index (χ3n) is 3.81. The second kappa shape index (κ2) is 12.6. The minimum absolute atomic E-state index is 0. The molecule has 0 bridgehead atoms. The van der Waals surface area contributed by atoms with Crippen LogP contribution in [0.25, 0.3) is 0 Å². The third-order valence-corrected chi connectivity index (χ3v) is 4.04. The molecular formula is C18H29ClIN3O2. The standard InChI is InChI=1S/C18H28ClN3O2.HI/c1-3-20-18(21-9-4-10-24-13-14-5-6-14)22-12-15-7-8-16(19)11-17(15)23-2;/h7-8,11,14H,3-6,9-10,12-13H2,1-2H3,(H2,20,21,22);1H. The summed E-state index contributed by atoms with van der Waals surface area (Å²) in [5, 5.41) is 7.25. The van der Waals surface area contributed by atoms with Crippen LogP contribution in [0.3, 0.4) is 0 Å². The molecule has 1 saturated carbocycles. The number of benzene rings is 1. The Balaban J connectivity index is 0.00000312. The fourth-order valence-corrected chi connectivity index (χ4v) is 2.43. The molecule has 1 aromatic rings. The first kappa shape index (κ1) is 22.3. The molecular weight excluding hydrogens is 453 g/mol. The zero-order chi connectivity index (χ0) is 17.2. The second-order valence-electron chi connectivity index (χ2n) is 5.95. The number of methoxy groups -OCH3 is 1. The molecule has 0 unspecified atom stereocenters. The molecule has 0 aliphatic heterocycles. The van der Waals surface area contributed by atoms with E-state index in [1.54, 1.807) is 7.11 Å². The summed E-state index contributed by atoms with van der Waals surface area (Å²) in [6, 6.07) is 5.61. The molecule has 0 saturated heterocycles. The summed E-state index contributed by atoms with van der Waals surface area (Å²) in [7, 11) is 1.64. The average Bonchev–Trinajstić information content (AvgIpc) is 3.40. The van der Waals surface area contributed by atoms with Crippen LogP contribution in [-0.2, 0) is 11.3 Å². The summed E-state index contributed by atoms with van der Waals surface area (Å²) in [5.74, 6) is 2.39. The van der Waals surface area contributed by atoms with Crippen LogP contribution in [0.1, 0.15) is 31.7 Å². The van der Waals surface area contributed by atoms with Crippen molar-refractivity contribution in [1.29, 1.82) is 0 Å². The van der Waals surface area contributed by atoms with Gasteiger partial charge in [-0.3, -0.25) is 0 Å². The Morgan fingerprint density at radius 2 is 2.12 bits per heavy atom. The molecule has 0 spiro atoms. The average molecular weight is 482 g/mol. The fraction of sp³-hybridized carbons (Fsp3) is 0.611. The predicted octanol–water partition coefficient (Wildman–Crippen LogP) is 3.84. The number of hydrogen-bond acceptors (Lipinski definition) is 3. The predicted molar refractivity (Wildman–Crippen MR) is 114 cm³/mol. The first-order valence-corrected chi connectivity index (χ1v) is 9.03. The van der Waals surface area contributed by atoms with Crippen molar-refractivity contribution in [1.82, 2.24) is 10.6 Å². The maximum Gasteiger partial charge on any atom is 0.191 e. The first-order chi connectivity index (χ1) is 11.7. The van der Waals surface area contributed by atoms with E-state index in [2.05, 4.69) is 22.5 Å². The Morgan fingerprint density at radius 1 is 1.32 bits per heavy atom. The SMILES string of the molecule is CCNC(=NCc1ccc(Cl)cc1OC)NCCCOCC1CC1.I. The molecule has 0 heterocycles. The summed E-state index contributed by atoms with van der Waals surface area (Å²) in [4.78, 5) is 4.61. The number of aliphatic imine (C=N–C) groups is 1. The van der Waals surface area contributed by atoms with Gasteiger partial charge in [0.1, 0.15) is 5.75 Å². The third kappa shape index (κ3) is 8.96. The highest BCUT2D eigenvalue weighted by Crippen LogP contribution is 2.28. The van der Waals surface area contributed by atoms with Crippen LogP contribution in [0.5, 0.6) is 5.75 Å². The molecule has 2 rings (SSSR count). The van der Waals surface area contributed by atoms with Gasteiger partial charge in [-0.2, -0.15) is 0 Å². The van der Waals surface area contributed by atoms with Crippen molar-refractivity contribution < 1.29 is 9.47 Å². The minimum atomic E-state index is 0. The zero-order valence-corrected chi connectivity index (χ0v) is 18.1. The lowest BCUT2D eigenvalue weighted by molar-refractivity contribution is 0.123. The van der Waals surface area contributed by atoms with Gasteiger partial charge in [0.2, 0.25) is 0 Å². The number of ether oxygens (including phenoxy) is 2. The highest BCUT2D eigenvalue weighted by Gasteiger charge is 2.20. The normalized spacial score (nSPS) is 14.0. The number of nitrogens with one attached hydrogen (secondary N) is 2. The van der Waals surface area contributed by atoms with Gasteiger partial charge in [-0.1, -0.05) is 17.7 Å². The number of guanidine groups is 1. The van der Waals surface area contributed by atoms with E-state index >= 15 is 0 Å². The maximum atomic E-state index is 5.99. The molecule has 1 aromatic carbocycles. The molecule has 0 amide bonds. The summed E-state index contributed by atoms with van der Waals surface area (Å²) in [6.07, 6.45) is 3.65. The summed E-state index contributed by atoms with van der Waals surface area (Å²) in [6.45, 7) is 5.97. The highest BCUT2D eigenvalue weighted by molar-refractivity contribution is 14.0. The minimum Gasteiger partial charge on any atom is -0.496 e. The van der Waals surface area contributed by atoms with E-state index in [-0.39, 0.29) is 24.0 Å². The molecule has 25 heavy (non-hydrogen) atoms. The highest BCUT2D eigenvalue weighted by atomic mass is 127. The van der Waals surface area contributed by atoms with E-state index in [4.69, 9.17) is 21.1 Å². The van der Waals surface area contributed by atoms with E-state index < -0.39 is 0 Å². The maximum absolute atomic E-state index is 5.99. The molecule has 1 aliphatic carbocycles. The van der Waals surface area contributed by atoms with Crippen molar-refractivity contribution in [2.45, 2.75) is 32.7 Å². The number of hydrogen-bond donors (Lipinski definition) is 2. The van der Waals surface area contributed by atoms with Crippen molar-refractivity contribution in [3.8, 4) is 5.75 Å². The van der Waals surface area contributed by atoms with Gasteiger partial charge in [0.05, 0.1) is 13.7 Å². The van der Waals surface area contributed by atoms with Crippen LogP contribution in [-0.4, -0.2) is 39.4 Å². The van der Waals surface area contributed by atoms with Gasteiger partial charge in [-0.05, 0) is 44.2 Å². The van der Waals surface area contributed by atoms with E-state index in [1.165, 1.54) is 12.8 Å². The van der Waals surface area contributed by atoms with Gasteiger partial charge in [-0.25, -0.2) is 4.99 Å². The molecule has 142 valence electrons. The van der Waals surface area contributed by atoms with Crippen LogP contribution >= 0.6 is 35.6 Å². The summed E-state index contributed by atoms with van der Waals surface area (Å²) in [5.41, 5.74) is 1.01. The molecule has 7 heteroatoms. The Morgan fingerprint density at radius 3 is 2.80 bits per heavy atom. The van der Waals surface area contributed by atoms with Crippen LogP contribution in [0.4, 0.5) is 0 Å². The molecule has 0 aromatic heterocycles. The van der Waals surface area contributed by atoms with Crippen molar-refractivity contribution in [2.75, 3.05) is 33.4 Å². The lowest BCUT2D eigenvalue weighted by atomic mass is 10.2. The van der Waals surface area contributed by atoms with E-state index in [9.17, 15) is 0 Å². The van der Waals surface area contributed by atoms with Crippen LogP contribution in [0.2, 0.25) is 5.02 Å². The zero-order valence-electron chi connectivity index (χ0n) is 15.0. The van der Waals surface area contributed by atoms with Gasteiger partial charge in [0.25, 0.3) is 0 Å². The summed E-state index contributed by atoms with van der Waals surface area (Å²) < 4.78 is 11.0. The van der Waals surface area contributed by atoms with E-state index in [0.29, 0.717) is 11.6 Å². The van der Waals surface area contributed by atoms with Crippen LogP contribution < -0.4 is 15.4 Å². The van der Waals surface area contributed by atoms with Crippen molar-refractivity contribution in [3.63, 3.8) is 0 Å². The van der Waals surface area contributed by atoms with Crippen LogP contribution in [0, 0.1) is 5.92 Å². The smallest absolute Gasteiger partial charge is 0.191 e. The van der Waals surface area contributed by atoms with Gasteiger partial charge in [0.15, 0.2) is 5.96 Å². The number of rotatable bonds is 10. The van der Waals surface area contributed by atoms with E-state index in [1.807, 2.05) is 18.2 Å². The Labute approximate surface area is 172 Å². The monoisotopic (exact) mass is 481 g/mol. The second-order valence-corrected chi connectivity index (χ2v) is 6.39. The van der Waals surface area contributed by atoms with Gasteiger partial charge >= 0.3 is 0 Å². The Kier molecular flexibility index (Phi) is 11.2. The molecule has 1 aliphatic rings. The first-order valence-electron chi connectivity index (χ1n) is 8.65. The largest absolute Gasteiger partial charge is 0.496 e. The Hall–Kier alpha value is -0.730. The fourth-order valence-electron chi connectivity index (χ4n) is 2.27. The molecule has 0 radical (unpaired) electrons. The van der Waals surface area contributed by atoms with Gasteiger partial charge < -0.3 is 20.1 Å². The van der Waals surface area contributed by atoms with Crippen molar-refractivity contribution >= 4 is 41.5 Å². The molecule has 5 nitrogen and oxygen atoms in total. The van der Waals surface area contributed by atoms with Crippen LogP contribution in [0.15, 0.2) is 23.2 Å². The molecule has 1 fully saturated rings. The lowest BCUT2D eigenvalue weighted by Crippen LogP contribution is -2.38. The number of nitrogens with zero attached hydrogens (tertiary/aromatic N) is 1.